The lowest BCUT2D eigenvalue weighted by Crippen LogP contribution is -2.49. The topological polar surface area (TPSA) is 15.3 Å². The van der Waals surface area contributed by atoms with Gasteiger partial charge in [-0.2, -0.15) is 0 Å². The Kier molecular flexibility index (Phi) is 2.77. The minimum Gasteiger partial charge on any atom is -0.367 e. The molecule has 1 atom stereocenters. The maximum Gasteiger partial charge on any atom is 0.116 e. The van der Waals surface area contributed by atoms with Gasteiger partial charge in [0.2, 0.25) is 0 Å². The van der Waals surface area contributed by atoms with Gasteiger partial charge in [0.05, 0.1) is 5.69 Å². The molecule has 1 aliphatic rings. The number of halogens is 1. The molecule has 0 bridgehead atoms. The molecule has 0 aliphatic carbocycles. The number of piperazine rings is 1. The summed E-state index contributed by atoms with van der Waals surface area (Å²) in [4.78, 5) is 2.35. The third-order valence-electron chi connectivity index (χ3n) is 2.31. The first-order valence-electron chi connectivity index (χ1n) is 4.48. The van der Waals surface area contributed by atoms with Crippen LogP contribution in [0.2, 0.25) is 4.34 Å². The summed E-state index contributed by atoms with van der Waals surface area (Å²) in [5.41, 5.74) is 1.19. The summed E-state index contributed by atoms with van der Waals surface area (Å²) < 4.78 is 0.911. The number of rotatable bonds is 1. The summed E-state index contributed by atoms with van der Waals surface area (Å²) in [7, 11) is 0. The zero-order valence-corrected chi connectivity index (χ0v) is 9.16. The fraction of sp³-hybridized carbons (Fsp3) is 0.556. The van der Waals surface area contributed by atoms with Crippen LogP contribution in [0.4, 0.5) is 5.69 Å². The Morgan fingerprint density at radius 3 is 3.15 bits per heavy atom. The van der Waals surface area contributed by atoms with Crippen molar-refractivity contribution >= 4 is 28.6 Å². The van der Waals surface area contributed by atoms with Crippen LogP contribution in [0.5, 0.6) is 0 Å². The molecule has 72 valence electrons. The molecular formula is C9H13ClN2S. The summed E-state index contributed by atoms with van der Waals surface area (Å²) in [6, 6.07) is 2.66. The molecule has 0 radical (unpaired) electrons. The van der Waals surface area contributed by atoms with Crippen LogP contribution < -0.4 is 10.2 Å². The van der Waals surface area contributed by atoms with Crippen LogP contribution in [0.3, 0.4) is 0 Å². The Morgan fingerprint density at radius 1 is 1.69 bits per heavy atom. The number of nitrogens with zero attached hydrogens (tertiary/aromatic N) is 1. The molecule has 0 amide bonds. The van der Waals surface area contributed by atoms with E-state index in [0.717, 1.165) is 24.0 Å². The SMILES string of the molecule is CC1CN(c2ccsc2Cl)CCN1. The van der Waals surface area contributed by atoms with Crippen molar-refractivity contribution in [1.29, 1.82) is 0 Å². The molecule has 1 aromatic rings. The smallest absolute Gasteiger partial charge is 0.116 e. The summed E-state index contributed by atoms with van der Waals surface area (Å²) in [6.45, 7) is 5.36. The van der Waals surface area contributed by atoms with Gasteiger partial charge in [-0.3, -0.25) is 0 Å². The van der Waals surface area contributed by atoms with Gasteiger partial charge >= 0.3 is 0 Å². The van der Waals surface area contributed by atoms with Crippen molar-refractivity contribution in [2.75, 3.05) is 24.5 Å². The monoisotopic (exact) mass is 216 g/mol. The van der Waals surface area contributed by atoms with Crippen LogP contribution in [-0.2, 0) is 0 Å². The first kappa shape index (κ1) is 9.31. The maximum atomic E-state index is 6.08. The number of hydrogen-bond donors (Lipinski definition) is 1. The van der Waals surface area contributed by atoms with Crippen molar-refractivity contribution in [2.24, 2.45) is 0 Å². The van der Waals surface area contributed by atoms with E-state index in [4.69, 9.17) is 11.6 Å². The van der Waals surface area contributed by atoms with E-state index in [0.29, 0.717) is 6.04 Å². The predicted octanol–water partition coefficient (Wildman–Crippen LogP) is 2.20. The van der Waals surface area contributed by atoms with Crippen LogP contribution >= 0.6 is 22.9 Å². The van der Waals surface area contributed by atoms with Crippen LogP contribution in [0, 0.1) is 0 Å². The summed E-state index contributed by atoms with van der Waals surface area (Å²) >= 11 is 7.68. The second kappa shape index (κ2) is 3.86. The normalized spacial score (nSPS) is 23.5. The average molecular weight is 217 g/mol. The summed E-state index contributed by atoms with van der Waals surface area (Å²) in [5, 5.41) is 5.46. The number of nitrogens with one attached hydrogen (secondary N) is 1. The van der Waals surface area contributed by atoms with Crippen molar-refractivity contribution in [2.45, 2.75) is 13.0 Å². The van der Waals surface area contributed by atoms with Gasteiger partial charge in [-0.05, 0) is 18.4 Å². The third kappa shape index (κ3) is 1.98. The predicted molar refractivity (Wildman–Crippen MR) is 59.0 cm³/mol. The largest absolute Gasteiger partial charge is 0.367 e. The highest BCUT2D eigenvalue weighted by atomic mass is 35.5. The highest BCUT2D eigenvalue weighted by Crippen LogP contribution is 2.31. The Hall–Kier alpha value is -0.250. The van der Waals surface area contributed by atoms with E-state index < -0.39 is 0 Å². The summed E-state index contributed by atoms with van der Waals surface area (Å²) in [6.07, 6.45) is 0. The van der Waals surface area contributed by atoms with Crippen molar-refractivity contribution in [3.63, 3.8) is 0 Å². The lowest BCUT2D eigenvalue weighted by Gasteiger charge is -2.33. The molecule has 1 saturated heterocycles. The minimum atomic E-state index is 0.560. The fourth-order valence-corrected chi connectivity index (χ4v) is 2.64. The van der Waals surface area contributed by atoms with E-state index in [1.807, 2.05) is 5.38 Å². The van der Waals surface area contributed by atoms with Gasteiger partial charge in [0, 0.05) is 25.7 Å². The third-order valence-corrected chi connectivity index (χ3v) is 3.46. The van der Waals surface area contributed by atoms with Gasteiger partial charge in [-0.1, -0.05) is 11.6 Å². The highest BCUT2D eigenvalue weighted by Gasteiger charge is 2.18. The second-order valence-corrected chi connectivity index (χ2v) is 4.90. The Balaban J connectivity index is 2.12. The molecule has 2 heterocycles. The molecule has 1 N–H and O–H groups in total. The summed E-state index contributed by atoms with van der Waals surface area (Å²) in [5.74, 6) is 0. The molecule has 1 unspecified atom stereocenters. The molecule has 0 aromatic carbocycles. The quantitative estimate of drug-likeness (QED) is 0.775. The van der Waals surface area contributed by atoms with Gasteiger partial charge in [-0.25, -0.2) is 0 Å². The van der Waals surface area contributed by atoms with Crippen LogP contribution in [0.25, 0.3) is 0 Å². The first-order chi connectivity index (χ1) is 6.27. The standard InChI is InChI=1S/C9H13ClN2S/c1-7-6-12(4-3-11-7)8-2-5-13-9(8)10/h2,5,7,11H,3-4,6H2,1H3. The highest BCUT2D eigenvalue weighted by molar-refractivity contribution is 7.15. The van der Waals surface area contributed by atoms with Crippen molar-refractivity contribution in [3.8, 4) is 0 Å². The van der Waals surface area contributed by atoms with E-state index in [1.54, 1.807) is 11.3 Å². The zero-order chi connectivity index (χ0) is 9.26. The van der Waals surface area contributed by atoms with Crippen LogP contribution in [0.15, 0.2) is 11.4 Å². The molecule has 1 aromatic heterocycles. The van der Waals surface area contributed by atoms with E-state index in [2.05, 4.69) is 23.2 Å². The van der Waals surface area contributed by atoms with Gasteiger partial charge in [0.25, 0.3) is 0 Å². The van der Waals surface area contributed by atoms with Crippen LogP contribution in [-0.4, -0.2) is 25.7 Å². The zero-order valence-electron chi connectivity index (χ0n) is 7.59. The number of anilines is 1. The number of thiophene rings is 1. The molecule has 0 spiro atoms. The van der Waals surface area contributed by atoms with Crippen molar-refractivity contribution in [3.05, 3.63) is 15.8 Å². The van der Waals surface area contributed by atoms with E-state index in [1.165, 1.54) is 5.69 Å². The van der Waals surface area contributed by atoms with E-state index in [9.17, 15) is 0 Å². The van der Waals surface area contributed by atoms with Gasteiger partial charge in [0.1, 0.15) is 4.34 Å². The van der Waals surface area contributed by atoms with Crippen molar-refractivity contribution in [1.82, 2.24) is 5.32 Å². The van der Waals surface area contributed by atoms with Crippen LogP contribution in [0.1, 0.15) is 6.92 Å². The van der Waals surface area contributed by atoms with E-state index in [-0.39, 0.29) is 0 Å². The Labute approximate surface area is 87.5 Å². The average Bonchev–Trinajstić information content (AvgIpc) is 2.51. The van der Waals surface area contributed by atoms with E-state index >= 15 is 0 Å². The Bertz CT molecular complexity index is 287. The van der Waals surface area contributed by atoms with Gasteiger partial charge in [-0.15, -0.1) is 11.3 Å². The molecule has 4 heteroatoms. The molecular weight excluding hydrogens is 204 g/mol. The molecule has 0 saturated carbocycles. The lowest BCUT2D eigenvalue weighted by molar-refractivity contribution is 0.485. The molecule has 2 nitrogen and oxygen atoms in total. The molecule has 1 aliphatic heterocycles. The second-order valence-electron chi connectivity index (χ2n) is 3.38. The molecule has 13 heavy (non-hydrogen) atoms. The fourth-order valence-electron chi connectivity index (χ4n) is 1.66. The maximum absolute atomic E-state index is 6.08. The lowest BCUT2D eigenvalue weighted by atomic mass is 10.2. The number of hydrogen-bond acceptors (Lipinski definition) is 3. The Morgan fingerprint density at radius 2 is 2.54 bits per heavy atom. The molecule has 2 rings (SSSR count). The van der Waals surface area contributed by atoms with Gasteiger partial charge in [0.15, 0.2) is 0 Å². The first-order valence-corrected chi connectivity index (χ1v) is 5.74. The van der Waals surface area contributed by atoms with Crippen molar-refractivity contribution < 1.29 is 0 Å². The molecule has 1 fully saturated rings. The van der Waals surface area contributed by atoms with Gasteiger partial charge < -0.3 is 10.2 Å². The minimum absolute atomic E-state index is 0.560.